The van der Waals surface area contributed by atoms with Crippen LogP contribution in [0, 0.1) is 0 Å². The van der Waals surface area contributed by atoms with Crippen LogP contribution in [0.3, 0.4) is 0 Å². The molecule has 0 amide bonds. The van der Waals surface area contributed by atoms with E-state index in [9.17, 15) is 0 Å². The summed E-state index contributed by atoms with van der Waals surface area (Å²) < 4.78 is 0. The first-order chi connectivity index (χ1) is 6.62. The molecule has 1 heteroatoms. The Balaban J connectivity index is 2.99. The van der Waals surface area contributed by atoms with E-state index in [2.05, 4.69) is 32.9 Å². The highest BCUT2D eigenvalue weighted by Crippen LogP contribution is 2.33. The van der Waals surface area contributed by atoms with Gasteiger partial charge in [-0.25, -0.2) is 0 Å². The Bertz CT molecular complexity index is 293. The number of hydrogen-bond acceptors (Lipinski definition) is 1. The van der Waals surface area contributed by atoms with E-state index in [1.165, 1.54) is 24.8 Å². The van der Waals surface area contributed by atoms with Crippen molar-refractivity contribution in [3.05, 3.63) is 29.8 Å². The molecule has 1 aromatic rings. The third-order valence-electron chi connectivity index (χ3n) is 3.17. The van der Waals surface area contributed by atoms with Crippen molar-refractivity contribution >= 4 is 5.69 Å². The largest absolute Gasteiger partial charge is 0.399 e. The highest BCUT2D eigenvalue weighted by atomic mass is 14.5. The normalized spacial score (nSPS) is 15.1. The van der Waals surface area contributed by atoms with Crippen LogP contribution in [-0.2, 0) is 5.41 Å². The molecule has 0 spiro atoms. The van der Waals surface area contributed by atoms with Gasteiger partial charge in [-0.1, -0.05) is 39.3 Å². The van der Waals surface area contributed by atoms with E-state index in [4.69, 9.17) is 5.73 Å². The fourth-order valence-corrected chi connectivity index (χ4v) is 1.99. The lowest BCUT2D eigenvalue weighted by atomic mass is 9.76. The fourth-order valence-electron chi connectivity index (χ4n) is 1.99. The summed E-state index contributed by atoms with van der Waals surface area (Å²) >= 11 is 0. The smallest absolute Gasteiger partial charge is 0.0316 e. The minimum Gasteiger partial charge on any atom is -0.399 e. The second-order valence-electron chi connectivity index (χ2n) is 4.29. The van der Waals surface area contributed by atoms with E-state index in [1.54, 1.807) is 0 Å². The van der Waals surface area contributed by atoms with Crippen LogP contribution < -0.4 is 5.73 Å². The Morgan fingerprint density at radius 3 is 2.50 bits per heavy atom. The monoisotopic (exact) mass is 191 g/mol. The van der Waals surface area contributed by atoms with Gasteiger partial charge in [-0.2, -0.15) is 0 Å². The van der Waals surface area contributed by atoms with E-state index in [0.717, 1.165) is 5.69 Å². The first-order valence-corrected chi connectivity index (χ1v) is 5.48. The molecule has 0 radical (unpaired) electrons. The summed E-state index contributed by atoms with van der Waals surface area (Å²) in [6, 6.07) is 8.30. The van der Waals surface area contributed by atoms with Gasteiger partial charge in [0.1, 0.15) is 0 Å². The van der Waals surface area contributed by atoms with Crippen molar-refractivity contribution in [2.24, 2.45) is 0 Å². The molecular weight excluding hydrogens is 170 g/mol. The third kappa shape index (κ3) is 2.28. The highest BCUT2D eigenvalue weighted by molar-refractivity contribution is 5.43. The molecule has 0 saturated heterocycles. The lowest BCUT2D eigenvalue weighted by molar-refractivity contribution is 0.414. The van der Waals surface area contributed by atoms with Gasteiger partial charge in [0.05, 0.1) is 0 Å². The summed E-state index contributed by atoms with van der Waals surface area (Å²) in [7, 11) is 0. The third-order valence-corrected chi connectivity index (χ3v) is 3.17. The molecule has 1 unspecified atom stereocenters. The summed E-state index contributed by atoms with van der Waals surface area (Å²) in [6.07, 6.45) is 3.62. The van der Waals surface area contributed by atoms with Gasteiger partial charge in [-0.3, -0.25) is 0 Å². The van der Waals surface area contributed by atoms with Crippen LogP contribution in [0.2, 0.25) is 0 Å². The van der Waals surface area contributed by atoms with Crippen molar-refractivity contribution in [1.29, 1.82) is 0 Å². The molecule has 0 heterocycles. The standard InChI is InChI=1S/C13H21N/c1-4-9-13(3,5-2)11-7-6-8-12(14)10-11/h6-8,10H,4-5,9,14H2,1-3H3. The molecule has 78 valence electrons. The van der Waals surface area contributed by atoms with Crippen LogP contribution >= 0.6 is 0 Å². The van der Waals surface area contributed by atoms with Crippen molar-refractivity contribution in [1.82, 2.24) is 0 Å². The average Bonchev–Trinajstić information content (AvgIpc) is 2.18. The van der Waals surface area contributed by atoms with E-state index in [-0.39, 0.29) is 0 Å². The molecule has 1 rings (SSSR count). The van der Waals surface area contributed by atoms with E-state index in [0.29, 0.717) is 5.41 Å². The Morgan fingerprint density at radius 2 is 2.00 bits per heavy atom. The van der Waals surface area contributed by atoms with Gasteiger partial charge in [0.15, 0.2) is 0 Å². The predicted molar refractivity (Wildman–Crippen MR) is 63.4 cm³/mol. The SMILES string of the molecule is CCCC(C)(CC)c1cccc(N)c1. The van der Waals surface area contributed by atoms with Crippen LogP contribution in [0.5, 0.6) is 0 Å². The minimum atomic E-state index is 0.296. The molecule has 0 bridgehead atoms. The summed E-state index contributed by atoms with van der Waals surface area (Å²) in [6.45, 7) is 6.81. The van der Waals surface area contributed by atoms with Gasteiger partial charge in [-0.15, -0.1) is 0 Å². The van der Waals surface area contributed by atoms with E-state index < -0.39 is 0 Å². The summed E-state index contributed by atoms with van der Waals surface area (Å²) in [5.74, 6) is 0. The van der Waals surface area contributed by atoms with Crippen molar-refractivity contribution < 1.29 is 0 Å². The zero-order valence-corrected chi connectivity index (χ0v) is 9.51. The minimum absolute atomic E-state index is 0.296. The van der Waals surface area contributed by atoms with Crippen molar-refractivity contribution in [2.75, 3.05) is 5.73 Å². The van der Waals surface area contributed by atoms with E-state index in [1.807, 2.05) is 12.1 Å². The Labute approximate surface area is 87.3 Å². The Hall–Kier alpha value is -0.980. The number of nitrogens with two attached hydrogens (primary N) is 1. The molecule has 2 N–H and O–H groups in total. The van der Waals surface area contributed by atoms with Crippen molar-refractivity contribution in [2.45, 2.75) is 45.4 Å². The highest BCUT2D eigenvalue weighted by Gasteiger charge is 2.23. The summed E-state index contributed by atoms with van der Waals surface area (Å²) in [5, 5.41) is 0. The molecule has 0 aliphatic carbocycles. The lowest BCUT2D eigenvalue weighted by Gasteiger charge is -2.28. The molecule has 0 aromatic heterocycles. The zero-order valence-electron chi connectivity index (χ0n) is 9.51. The molecule has 14 heavy (non-hydrogen) atoms. The number of rotatable bonds is 4. The predicted octanol–water partition coefficient (Wildman–Crippen LogP) is 3.74. The number of anilines is 1. The van der Waals surface area contributed by atoms with Crippen LogP contribution in [0.1, 0.15) is 45.6 Å². The van der Waals surface area contributed by atoms with Gasteiger partial charge in [-0.05, 0) is 36.0 Å². The molecular formula is C13H21N. The topological polar surface area (TPSA) is 26.0 Å². The van der Waals surface area contributed by atoms with Gasteiger partial charge < -0.3 is 5.73 Å². The lowest BCUT2D eigenvalue weighted by Crippen LogP contribution is -2.20. The maximum absolute atomic E-state index is 5.81. The molecule has 1 aromatic carbocycles. The molecule has 1 atom stereocenters. The molecule has 1 nitrogen and oxygen atoms in total. The fraction of sp³-hybridized carbons (Fsp3) is 0.538. The van der Waals surface area contributed by atoms with Gasteiger partial charge >= 0.3 is 0 Å². The second kappa shape index (κ2) is 4.50. The number of benzene rings is 1. The first-order valence-electron chi connectivity index (χ1n) is 5.48. The number of hydrogen-bond donors (Lipinski definition) is 1. The van der Waals surface area contributed by atoms with Crippen LogP contribution in [0.25, 0.3) is 0 Å². The first kappa shape index (κ1) is 11.1. The Kier molecular flexibility index (Phi) is 3.56. The molecule has 0 aliphatic rings. The van der Waals surface area contributed by atoms with Crippen molar-refractivity contribution in [3.63, 3.8) is 0 Å². The zero-order chi connectivity index (χ0) is 10.6. The summed E-state index contributed by atoms with van der Waals surface area (Å²) in [5.41, 5.74) is 8.35. The van der Waals surface area contributed by atoms with Crippen LogP contribution in [0.4, 0.5) is 5.69 Å². The average molecular weight is 191 g/mol. The van der Waals surface area contributed by atoms with Crippen molar-refractivity contribution in [3.8, 4) is 0 Å². The molecule has 0 fully saturated rings. The Morgan fingerprint density at radius 1 is 1.29 bits per heavy atom. The maximum Gasteiger partial charge on any atom is 0.0316 e. The van der Waals surface area contributed by atoms with Gasteiger partial charge in [0, 0.05) is 5.69 Å². The second-order valence-corrected chi connectivity index (χ2v) is 4.29. The number of nitrogen functional groups attached to an aromatic ring is 1. The van der Waals surface area contributed by atoms with Gasteiger partial charge in [0.25, 0.3) is 0 Å². The summed E-state index contributed by atoms with van der Waals surface area (Å²) in [4.78, 5) is 0. The van der Waals surface area contributed by atoms with E-state index >= 15 is 0 Å². The quantitative estimate of drug-likeness (QED) is 0.721. The van der Waals surface area contributed by atoms with Crippen LogP contribution in [-0.4, -0.2) is 0 Å². The molecule has 0 saturated carbocycles. The molecule has 0 aliphatic heterocycles. The van der Waals surface area contributed by atoms with Crippen LogP contribution in [0.15, 0.2) is 24.3 Å². The maximum atomic E-state index is 5.81. The van der Waals surface area contributed by atoms with Gasteiger partial charge in [0.2, 0.25) is 0 Å².